The van der Waals surface area contributed by atoms with Crippen LogP contribution in [0.5, 0.6) is 0 Å². The van der Waals surface area contributed by atoms with Crippen LogP contribution < -0.4 is 5.32 Å². The molecule has 2 heterocycles. The molecular weight excluding hydrogens is 402 g/mol. The van der Waals surface area contributed by atoms with Gasteiger partial charge in [-0.25, -0.2) is 13.3 Å². The fraction of sp³-hybridized carbons (Fsp3) is 0.524. The van der Waals surface area contributed by atoms with Crippen LogP contribution in [0.15, 0.2) is 41.8 Å². The summed E-state index contributed by atoms with van der Waals surface area (Å²) in [7, 11) is 2.89. The molecule has 2 saturated heterocycles. The smallest absolute Gasteiger partial charge is 0.320 e. The van der Waals surface area contributed by atoms with Crippen molar-refractivity contribution in [2.75, 3.05) is 58.7 Å². The molecule has 0 aliphatic carbocycles. The van der Waals surface area contributed by atoms with Crippen molar-refractivity contribution in [3.63, 3.8) is 0 Å². The maximum atomic E-state index is 12.9. The molecule has 0 spiro atoms. The Morgan fingerprint density at radius 2 is 1.60 bits per heavy atom. The molecule has 1 aromatic carbocycles. The highest BCUT2D eigenvalue weighted by Gasteiger charge is 2.30. The molecule has 0 saturated carbocycles. The standard InChI is InChI=1S/C21H31N5O3S/c1-4-20(27)22-17-5-7-19(8-6-17)30(29)26-15-13-25(14-16-26)21(28)24-11-9-18(10-12-24)23(2)3/h4-8,18H,1,9-16H2,2-3H3,(H,22,27). The maximum absolute atomic E-state index is 12.9. The first-order valence-electron chi connectivity index (χ1n) is 10.3. The van der Waals surface area contributed by atoms with Crippen LogP contribution in [-0.4, -0.2) is 94.6 Å². The minimum atomic E-state index is -1.29. The summed E-state index contributed by atoms with van der Waals surface area (Å²) in [6.45, 7) is 7.30. The topological polar surface area (TPSA) is 76.2 Å². The molecule has 2 aliphatic rings. The summed E-state index contributed by atoms with van der Waals surface area (Å²) >= 11 is 0. The van der Waals surface area contributed by atoms with E-state index in [-0.39, 0.29) is 11.9 Å². The molecule has 30 heavy (non-hydrogen) atoms. The Labute approximate surface area is 181 Å². The monoisotopic (exact) mass is 433 g/mol. The molecule has 9 heteroatoms. The van der Waals surface area contributed by atoms with Crippen molar-refractivity contribution >= 4 is 28.6 Å². The second-order valence-electron chi connectivity index (χ2n) is 7.85. The highest BCUT2D eigenvalue weighted by molar-refractivity contribution is 7.82. The fourth-order valence-corrected chi connectivity index (χ4v) is 4.98. The number of amides is 3. The van der Waals surface area contributed by atoms with E-state index in [1.54, 1.807) is 24.3 Å². The first-order chi connectivity index (χ1) is 14.4. The first kappa shape index (κ1) is 22.5. The Hall–Kier alpha value is -2.23. The minimum Gasteiger partial charge on any atom is -0.325 e. The van der Waals surface area contributed by atoms with Crippen molar-refractivity contribution in [1.82, 2.24) is 19.0 Å². The number of nitrogens with one attached hydrogen (secondary N) is 1. The fourth-order valence-electron chi connectivity index (χ4n) is 3.82. The van der Waals surface area contributed by atoms with Gasteiger partial charge < -0.3 is 20.0 Å². The summed E-state index contributed by atoms with van der Waals surface area (Å²) in [5.41, 5.74) is 0.633. The second-order valence-corrected chi connectivity index (χ2v) is 9.33. The highest BCUT2D eigenvalue weighted by Crippen LogP contribution is 2.19. The lowest BCUT2D eigenvalue weighted by atomic mass is 10.0. The van der Waals surface area contributed by atoms with E-state index >= 15 is 0 Å². The van der Waals surface area contributed by atoms with Crippen LogP contribution in [0.3, 0.4) is 0 Å². The Kier molecular flexibility index (Phi) is 7.63. The molecule has 2 aliphatic heterocycles. The maximum Gasteiger partial charge on any atom is 0.320 e. The van der Waals surface area contributed by atoms with Crippen molar-refractivity contribution in [1.29, 1.82) is 0 Å². The Bertz CT molecular complexity index is 782. The van der Waals surface area contributed by atoms with Crippen molar-refractivity contribution in [2.45, 2.75) is 23.8 Å². The average molecular weight is 434 g/mol. The molecule has 3 rings (SSSR count). The van der Waals surface area contributed by atoms with Crippen LogP contribution in [0.2, 0.25) is 0 Å². The molecular formula is C21H31N5O3S. The van der Waals surface area contributed by atoms with Gasteiger partial charge in [0, 0.05) is 51.0 Å². The van der Waals surface area contributed by atoms with Gasteiger partial charge in [0.05, 0.1) is 4.90 Å². The first-order valence-corrected chi connectivity index (χ1v) is 11.4. The van der Waals surface area contributed by atoms with Gasteiger partial charge in [-0.2, -0.15) is 0 Å². The van der Waals surface area contributed by atoms with Gasteiger partial charge in [0.1, 0.15) is 11.0 Å². The van der Waals surface area contributed by atoms with E-state index in [0.717, 1.165) is 25.9 Å². The van der Waals surface area contributed by atoms with E-state index in [0.29, 0.717) is 42.8 Å². The number of hydrogen-bond donors (Lipinski definition) is 1. The summed E-state index contributed by atoms with van der Waals surface area (Å²) in [6, 6.07) is 7.60. The van der Waals surface area contributed by atoms with Gasteiger partial charge in [-0.1, -0.05) is 6.58 Å². The SMILES string of the molecule is C=CC(=O)Nc1ccc(S(=O)N2CCN(C(=O)N3CCC(N(C)C)CC3)CC2)cc1. The van der Waals surface area contributed by atoms with Gasteiger partial charge in [-0.3, -0.25) is 4.79 Å². The lowest BCUT2D eigenvalue weighted by molar-refractivity contribution is -0.111. The number of nitrogens with zero attached hydrogens (tertiary/aromatic N) is 4. The Morgan fingerprint density at radius 3 is 2.13 bits per heavy atom. The van der Waals surface area contributed by atoms with Crippen LogP contribution in [0.1, 0.15) is 12.8 Å². The molecule has 0 radical (unpaired) electrons. The molecule has 164 valence electrons. The predicted molar refractivity (Wildman–Crippen MR) is 119 cm³/mol. The van der Waals surface area contributed by atoms with E-state index in [1.165, 1.54) is 6.08 Å². The lowest BCUT2D eigenvalue weighted by Crippen LogP contribution is -2.55. The van der Waals surface area contributed by atoms with E-state index in [4.69, 9.17) is 0 Å². The number of benzene rings is 1. The molecule has 2 fully saturated rings. The number of urea groups is 1. The third-order valence-electron chi connectivity index (χ3n) is 5.72. The zero-order valence-corrected chi connectivity index (χ0v) is 18.6. The van der Waals surface area contributed by atoms with Crippen LogP contribution in [-0.2, 0) is 15.8 Å². The van der Waals surface area contributed by atoms with Gasteiger partial charge in [0.2, 0.25) is 5.91 Å². The average Bonchev–Trinajstić information content (AvgIpc) is 2.78. The number of carbonyl (C=O) groups excluding carboxylic acids is 2. The molecule has 1 N–H and O–H groups in total. The van der Waals surface area contributed by atoms with Gasteiger partial charge in [-0.15, -0.1) is 0 Å². The second kappa shape index (κ2) is 10.2. The van der Waals surface area contributed by atoms with E-state index in [2.05, 4.69) is 30.9 Å². The summed E-state index contributed by atoms with van der Waals surface area (Å²) in [4.78, 5) is 30.9. The summed E-state index contributed by atoms with van der Waals surface area (Å²) in [6.07, 6.45) is 3.22. The molecule has 3 amide bonds. The van der Waals surface area contributed by atoms with Gasteiger partial charge >= 0.3 is 6.03 Å². The van der Waals surface area contributed by atoms with Crippen molar-refractivity contribution < 1.29 is 13.8 Å². The van der Waals surface area contributed by atoms with Crippen molar-refractivity contribution in [3.8, 4) is 0 Å². The number of rotatable bonds is 5. The van der Waals surface area contributed by atoms with Crippen molar-refractivity contribution in [3.05, 3.63) is 36.9 Å². The van der Waals surface area contributed by atoms with E-state index in [1.807, 2.05) is 14.1 Å². The predicted octanol–water partition coefficient (Wildman–Crippen LogP) is 1.60. The zero-order valence-electron chi connectivity index (χ0n) is 17.7. The summed E-state index contributed by atoms with van der Waals surface area (Å²) in [5.74, 6) is -0.282. The quantitative estimate of drug-likeness (QED) is 0.716. The van der Waals surface area contributed by atoms with Gasteiger partial charge in [0.25, 0.3) is 0 Å². The molecule has 0 aromatic heterocycles. The zero-order chi connectivity index (χ0) is 21.7. The number of carbonyl (C=O) groups is 2. The summed E-state index contributed by atoms with van der Waals surface area (Å²) in [5, 5.41) is 2.67. The number of hydrogen-bond acceptors (Lipinski definition) is 4. The summed E-state index contributed by atoms with van der Waals surface area (Å²) < 4.78 is 14.8. The third-order valence-corrected chi connectivity index (χ3v) is 7.23. The molecule has 8 nitrogen and oxygen atoms in total. The normalized spacial score (nSPS) is 19.6. The molecule has 0 bridgehead atoms. The van der Waals surface area contributed by atoms with Crippen LogP contribution in [0.4, 0.5) is 10.5 Å². The minimum absolute atomic E-state index is 0.0972. The van der Waals surface area contributed by atoms with Gasteiger partial charge in [-0.05, 0) is 57.3 Å². The Balaban J connectivity index is 1.49. The lowest BCUT2D eigenvalue weighted by Gasteiger charge is -2.40. The number of likely N-dealkylation sites (tertiary alicyclic amines) is 1. The number of piperidine rings is 1. The third kappa shape index (κ3) is 5.47. The Morgan fingerprint density at radius 1 is 1.03 bits per heavy atom. The van der Waals surface area contributed by atoms with Crippen LogP contribution in [0.25, 0.3) is 0 Å². The van der Waals surface area contributed by atoms with E-state index in [9.17, 15) is 13.8 Å². The molecule has 1 atom stereocenters. The highest BCUT2D eigenvalue weighted by atomic mass is 32.2. The van der Waals surface area contributed by atoms with Crippen LogP contribution >= 0.6 is 0 Å². The van der Waals surface area contributed by atoms with Crippen molar-refractivity contribution in [2.24, 2.45) is 0 Å². The number of piperazine rings is 1. The largest absolute Gasteiger partial charge is 0.325 e. The number of anilines is 1. The molecule has 1 aromatic rings. The molecule has 1 unspecified atom stereocenters. The van der Waals surface area contributed by atoms with Gasteiger partial charge in [0.15, 0.2) is 0 Å². The van der Waals surface area contributed by atoms with Crippen LogP contribution in [0, 0.1) is 0 Å². The van der Waals surface area contributed by atoms with E-state index < -0.39 is 11.0 Å².